The Bertz CT molecular complexity index is 584. The maximum absolute atomic E-state index is 12.2. The molecule has 0 saturated heterocycles. The van der Waals surface area contributed by atoms with E-state index in [2.05, 4.69) is 20.8 Å². The van der Waals surface area contributed by atoms with Crippen LogP contribution in [0.5, 0.6) is 0 Å². The summed E-state index contributed by atoms with van der Waals surface area (Å²) in [7, 11) is 0. The van der Waals surface area contributed by atoms with Gasteiger partial charge in [-0.3, -0.25) is 0 Å². The Balaban J connectivity index is 2.27. The predicted molar refractivity (Wildman–Crippen MR) is 117 cm³/mol. The smallest absolute Gasteiger partial charge is 0.338 e. The number of carbonyl (C=O) groups excluding carboxylic acids is 2. The highest BCUT2D eigenvalue weighted by Gasteiger charge is 2.13. The molecule has 0 spiro atoms. The quantitative estimate of drug-likeness (QED) is 0.258. The van der Waals surface area contributed by atoms with Crippen LogP contribution in [0.3, 0.4) is 0 Å². The summed E-state index contributed by atoms with van der Waals surface area (Å²) in [5.74, 6) is -0.406. The van der Waals surface area contributed by atoms with Crippen LogP contribution >= 0.6 is 0 Å². The Labute approximate surface area is 181 Å². The molecule has 0 aliphatic rings. The molecule has 0 heterocycles. The van der Waals surface area contributed by atoms with Crippen LogP contribution in [-0.2, 0) is 18.9 Å². The largest absolute Gasteiger partial charge is 0.462 e. The van der Waals surface area contributed by atoms with Crippen molar-refractivity contribution in [3.05, 3.63) is 35.4 Å². The average molecular weight is 423 g/mol. The van der Waals surface area contributed by atoms with Gasteiger partial charge in [-0.25, -0.2) is 9.59 Å². The molecule has 0 bridgehead atoms. The van der Waals surface area contributed by atoms with E-state index < -0.39 is 5.97 Å². The molecule has 1 aromatic carbocycles. The van der Waals surface area contributed by atoms with Crippen LogP contribution in [-0.4, -0.2) is 51.6 Å². The summed E-state index contributed by atoms with van der Waals surface area (Å²) < 4.78 is 21.4. The first-order chi connectivity index (χ1) is 14.6. The Morgan fingerprint density at radius 2 is 1.27 bits per heavy atom. The lowest BCUT2D eigenvalue weighted by Crippen LogP contribution is -2.15. The molecule has 0 aliphatic heterocycles. The second-order valence-electron chi connectivity index (χ2n) is 7.31. The summed E-state index contributed by atoms with van der Waals surface area (Å²) in [5.41, 5.74) is 0.826. The SMILES string of the molecule is CCCCOCCOCCOC(=O)c1ccc(C(=O)OCC(CC)CCCC)cc1. The minimum Gasteiger partial charge on any atom is -0.462 e. The molecule has 0 amide bonds. The van der Waals surface area contributed by atoms with Gasteiger partial charge in [0.25, 0.3) is 0 Å². The highest BCUT2D eigenvalue weighted by Crippen LogP contribution is 2.14. The van der Waals surface area contributed by atoms with E-state index in [0.29, 0.717) is 43.5 Å². The lowest BCUT2D eigenvalue weighted by Gasteiger charge is -2.14. The molecule has 0 aromatic heterocycles. The van der Waals surface area contributed by atoms with Gasteiger partial charge in [0.15, 0.2) is 0 Å². The predicted octanol–water partition coefficient (Wildman–Crippen LogP) is 5.05. The minimum absolute atomic E-state index is 0.174. The van der Waals surface area contributed by atoms with Crippen molar-refractivity contribution in [2.75, 3.05) is 39.6 Å². The molecule has 1 aromatic rings. The molecule has 0 radical (unpaired) electrons. The van der Waals surface area contributed by atoms with E-state index in [4.69, 9.17) is 18.9 Å². The number of esters is 2. The van der Waals surface area contributed by atoms with Crippen LogP contribution in [0.15, 0.2) is 24.3 Å². The van der Waals surface area contributed by atoms with Gasteiger partial charge in [-0.1, -0.05) is 46.5 Å². The van der Waals surface area contributed by atoms with Crippen LogP contribution in [0.25, 0.3) is 0 Å². The summed E-state index contributed by atoms with van der Waals surface area (Å²) in [5, 5.41) is 0. The summed E-state index contributed by atoms with van der Waals surface area (Å²) in [4.78, 5) is 24.3. The van der Waals surface area contributed by atoms with E-state index in [0.717, 1.165) is 45.1 Å². The van der Waals surface area contributed by atoms with E-state index in [9.17, 15) is 9.59 Å². The monoisotopic (exact) mass is 422 g/mol. The zero-order chi connectivity index (χ0) is 22.0. The minimum atomic E-state index is -0.441. The Morgan fingerprint density at radius 3 is 1.83 bits per heavy atom. The van der Waals surface area contributed by atoms with E-state index in [1.807, 2.05) is 0 Å². The Hall–Kier alpha value is -1.92. The van der Waals surface area contributed by atoms with Gasteiger partial charge >= 0.3 is 11.9 Å². The van der Waals surface area contributed by atoms with Crippen molar-refractivity contribution in [2.24, 2.45) is 5.92 Å². The highest BCUT2D eigenvalue weighted by molar-refractivity contribution is 5.93. The third-order valence-corrected chi connectivity index (χ3v) is 4.82. The number of ether oxygens (including phenoxy) is 4. The normalized spacial score (nSPS) is 11.8. The van der Waals surface area contributed by atoms with Crippen molar-refractivity contribution in [1.82, 2.24) is 0 Å². The van der Waals surface area contributed by atoms with Gasteiger partial charge in [0.05, 0.1) is 37.6 Å². The molecule has 0 saturated carbocycles. The lowest BCUT2D eigenvalue weighted by atomic mass is 10.0. The number of hydrogen-bond donors (Lipinski definition) is 0. The van der Waals surface area contributed by atoms with E-state index in [1.165, 1.54) is 0 Å². The summed E-state index contributed by atoms with van der Waals surface area (Å²) in [6.45, 7) is 9.09. The van der Waals surface area contributed by atoms with Gasteiger partial charge < -0.3 is 18.9 Å². The molecular formula is C24H38O6. The number of rotatable bonds is 17. The van der Waals surface area contributed by atoms with Gasteiger partial charge in [0, 0.05) is 6.61 Å². The molecule has 6 nitrogen and oxygen atoms in total. The topological polar surface area (TPSA) is 71.1 Å². The molecule has 6 heteroatoms. The fourth-order valence-electron chi connectivity index (χ4n) is 2.76. The molecule has 30 heavy (non-hydrogen) atoms. The second kappa shape index (κ2) is 16.8. The van der Waals surface area contributed by atoms with E-state index in [1.54, 1.807) is 24.3 Å². The molecular weight excluding hydrogens is 384 g/mol. The number of unbranched alkanes of at least 4 members (excludes halogenated alkanes) is 2. The van der Waals surface area contributed by atoms with Crippen molar-refractivity contribution in [3.63, 3.8) is 0 Å². The van der Waals surface area contributed by atoms with Crippen LogP contribution in [0, 0.1) is 5.92 Å². The van der Waals surface area contributed by atoms with Gasteiger partial charge in [0.1, 0.15) is 6.61 Å². The van der Waals surface area contributed by atoms with Gasteiger partial charge in [-0.15, -0.1) is 0 Å². The Kier molecular flexibility index (Phi) is 14.7. The summed E-state index contributed by atoms with van der Waals surface area (Å²) in [6.07, 6.45) is 6.50. The number of hydrogen-bond acceptors (Lipinski definition) is 6. The number of benzene rings is 1. The standard InChI is InChI=1S/C24H38O6/c1-4-7-9-20(6-3)19-30-24(26)22-12-10-21(11-13-22)23(25)29-18-17-28-16-15-27-14-8-5-2/h10-13,20H,4-9,14-19H2,1-3H3. The highest BCUT2D eigenvalue weighted by atomic mass is 16.6. The molecule has 1 rings (SSSR count). The first-order valence-electron chi connectivity index (χ1n) is 11.2. The Morgan fingerprint density at radius 1 is 0.733 bits per heavy atom. The fourth-order valence-corrected chi connectivity index (χ4v) is 2.76. The average Bonchev–Trinajstić information content (AvgIpc) is 2.78. The zero-order valence-electron chi connectivity index (χ0n) is 18.8. The molecule has 1 unspecified atom stereocenters. The van der Waals surface area contributed by atoms with Gasteiger partial charge in [-0.2, -0.15) is 0 Å². The first kappa shape index (κ1) is 26.1. The first-order valence-corrected chi connectivity index (χ1v) is 11.2. The lowest BCUT2D eigenvalue weighted by molar-refractivity contribution is 0.0143. The fraction of sp³-hybridized carbons (Fsp3) is 0.667. The second-order valence-corrected chi connectivity index (χ2v) is 7.31. The maximum Gasteiger partial charge on any atom is 0.338 e. The molecule has 1 atom stereocenters. The summed E-state index contributed by atoms with van der Waals surface area (Å²) >= 11 is 0. The van der Waals surface area contributed by atoms with Gasteiger partial charge in [0.2, 0.25) is 0 Å². The van der Waals surface area contributed by atoms with Crippen LogP contribution in [0.1, 0.15) is 80.0 Å². The third-order valence-electron chi connectivity index (χ3n) is 4.82. The maximum atomic E-state index is 12.2. The van der Waals surface area contributed by atoms with Crippen LogP contribution in [0.4, 0.5) is 0 Å². The molecule has 170 valence electrons. The van der Waals surface area contributed by atoms with Crippen molar-refractivity contribution >= 4 is 11.9 Å². The number of carbonyl (C=O) groups is 2. The zero-order valence-corrected chi connectivity index (χ0v) is 18.8. The molecule has 0 N–H and O–H groups in total. The van der Waals surface area contributed by atoms with Crippen molar-refractivity contribution in [1.29, 1.82) is 0 Å². The van der Waals surface area contributed by atoms with Crippen molar-refractivity contribution in [3.8, 4) is 0 Å². The summed E-state index contributed by atoms with van der Waals surface area (Å²) in [6, 6.07) is 6.34. The van der Waals surface area contributed by atoms with Gasteiger partial charge in [-0.05, 0) is 43.0 Å². The van der Waals surface area contributed by atoms with Crippen molar-refractivity contribution < 1.29 is 28.5 Å². The van der Waals surface area contributed by atoms with Crippen LogP contribution in [0.2, 0.25) is 0 Å². The molecule has 0 aliphatic carbocycles. The van der Waals surface area contributed by atoms with E-state index in [-0.39, 0.29) is 12.6 Å². The van der Waals surface area contributed by atoms with Crippen LogP contribution < -0.4 is 0 Å². The van der Waals surface area contributed by atoms with Crippen molar-refractivity contribution in [2.45, 2.75) is 59.3 Å². The third kappa shape index (κ3) is 11.3. The van der Waals surface area contributed by atoms with E-state index >= 15 is 0 Å². The molecule has 0 fully saturated rings.